The second-order valence-electron chi connectivity index (χ2n) is 4.93. The Balaban J connectivity index is 2.53. The van der Waals surface area contributed by atoms with Gasteiger partial charge in [0.05, 0.1) is 17.1 Å². The van der Waals surface area contributed by atoms with Crippen LogP contribution in [0.3, 0.4) is 0 Å². The number of nitrogens with one attached hydrogen (secondary N) is 1. The molecule has 0 aliphatic carbocycles. The van der Waals surface area contributed by atoms with E-state index in [2.05, 4.69) is 10.3 Å². The molecule has 1 rings (SSSR count). The van der Waals surface area contributed by atoms with Crippen LogP contribution in [0, 0.1) is 5.92 Å². The molecule has 0 radical (unpaired) electrons. The molecule has 1 aromatic heterocycles. The highest BCUT2D eigenvalue weighted by Crippen LogP contribution is 2.12. The number of aliphatic carboxylic acids is 1. The van der Waals surface area contributed by atoms with Gasteiger partial charge < -0.3 is 16.2 Å². The maximum absolute atomic E-state index is 11.8. The van der Waals surface area contributed by atoms with Crippen molar-refractivity contribution in [2.45, 2.75) is 39.2 Å². The lowest BCUT2D eigenvalue weighted by molar-refractivity contribution is -0.143. The van der Waals surface area contributed by atoms with Crippen LogP contribution in [0.2, 0.25) is 0 Å². The van der Waals surface area contributed by atoms with Crippen LogP contribution in [0.15, 0.2) is 5.38 Å². The molecule has 1 atom stereocenters. The zero-order valence-corrected chi connectivity index (χ0v) is 12.6. The Morgan fingerprint density at radius 3 is 2.75 bits per heavy atom. The second kappa shape index (κ2) is 7.96. The van der Waals surface area contributed by atoms with Crippen LogP contribution >= 0.6 is 11.3 Å². The van der Waals surface area contributed by atoms with Crippen LogP contribution in [0.1, 0.15) is 31.0 Å². The van der Waals surface area contributed by atoms with Crippen molar-refractivity contribution in [2.24, 2.45) is 11.7 Å². The molecule has 0 spiro atoms. The lowest BCUT2D eigenvalue weighted by Gasteiger charge is -2.17. The number of aromatic nitrogens is 1. The monoisotopic (exact) mass is 299 g/mol. The van der Waals surface area contributed by atoms with E-state index >= 15 is 0 Å². The smallest absolute Gasteiger partial charge is 0.326 e. The Morgan fingerprint density at radius 1 is 1.50 bits per heavy atom. The molecule has 112 valence electrons. The van der Waals surface area contributed by atoms with Crippen molar-refractivity contribution in [2.75, 3.05) is 6.54 Å². The maximum atomic E-state index is 11.8. The summed E-state index contributed by atoms with van der Waals surface area (Å²) in [5.41, 5.74) is 6.11. The summed E-state index contributed by atoms with van der Waals surface area (Å²) in [5.74, 6) is -1.50. The van der Waals surface area contributed by atoms with Crippen LogP contribution in [0.5, 0.6) is 0 Å². The average molecular weight is 299 g/mol. The predicted octanol–water partition coefficient (Wildman–Crippen LogP) is 0.802. The molecule has 0 bridgehead atoms. The number of hydrogen-bond donors (Lipinski definition) is 3. The molecule has 1 aromatic rings. The Hall–Kier alpha value is -1.47. The SMILES string of the molecule is CC(C)C(NC(=O)Cc1csc(CCCN)n1)C(=O)O. The molecule has 1 heterocycles. The molecule has 20 heavy (non-hydrogen) atoms. The molecular weight excluding hydrogens is 278 g/mol. The van der Waals surface area contributed by atoms with E-state index < -0.39 is 12.0 Å². The molecular formula is C13H21N3O3S. The first kappa shape index (κ1) is 16.6. The van der Waals surface area contributed by atoms with Gasteiger partial charge in [-0.2, -0.15) is 0 Å². The molecule has 0 aliphatic rings. The van der Waals surface area contributed by atoms with Crippen LogP contribution in [-0.4, -0.2) is 34.6 Å². The van der Waals surface area contributed by atoms with Gasteiger partial charge >= 0.3 is 5.97 Å². The number of amides is 1. The van der Waals surface area contributed by atoms with E-state index in [4.69, 9.17) is 10.8 Å². The second-order valence-corrected chi connectivity index (χ2v) is 5.87. The fraction of sp³-hybridized carbons (Fsp3) is 0.615. The number of carboxylic acid groups (broad SMARTS) is 1. The zero-order chi connectivity index (χ0) is 15.1. The van der Waals surface area contributed by atoms with E-state index in [1.165, 1.54) is 11.3 Å². The topological polar surface area (TPSA) is 105 Å². The summed E-state index contributed by atoms with van der Waals surface area (Å²) in [4.78, 5) is 27.2. The van der Waals surface area contributed by atoms with Gasteiger partial charge in [0.25, 0.3) is 0 Å². The summed E-state index contributed by atoms with van der Waals surface area (Å²) in [6.45, 7) is 4.13. The molecule has 6 nitrogen and oxygen atoms in total. The van der Waals surface area contributed by atoms with Crippen molar-refractivity contribution >= 4 is 23.2 Å². The standard InChI is InChI=1S/C13H21N3O3S/c1-8(2)12(13(18)19)16-10(17)6-9-7-20-11(15-9)4-3-5-14/h7-8,12H,3-6,14H2,1-2H3,(H,16,17)(H,18,19). The molecule has 7 heteroatoms. The van der Waals surface area contributed by atoms with Crippen LogP contribution in [0.25, 0.3) is 0 Å². The highest BCUT2D eigenvalue weighted by Gasteiger charge is 2.23. The number of carbonyl (C=O) groups excluding carboxylic acids is 1. The van der Waals surface area contributed by atoms with Crippen LogP contribution in [-0.2, 0) is 22.4 Å². The van der Waals surface area contributed by atoms with Crippen LogP contribution < -0.4 is 11.1 Å². The van der Waals surface area contributed by atoms with E-state index in [-0.39, 0.29) is 18.2 Å². The summed E-state index contributed by atoms with van der Waals surface area (Å²) < 4.78 is 0. The zero-order valence-electron chi connectivity index (χ0n) is 11.8. The Bertz CT molecular complexity index is 459. The molecule has 1 unspecified atom stereocenters. The van der Waals surface area contributed by atoms with E-state index in [0.29, 0.717) is 12.2 Å². The van der Waals surface area contributed by atoms with Gasteiger partial charge in [0.1, 0.15) is 6.04 Å². The van der Waals surface area contributed by atoms with Crippen molar-refractivity contribution in [3.05, 3.63) is 16.1 Å². The first-order chi connectivity index (χ1) is 9.43. The summed E-state index contributed by atoms with van der Waals surface area (Å²) >= 11 is 1.50. The van der Waals surface area contributed by atoms with Crippen molar-refractivity contribution < 1.29 is 14.7 Å². The third-order valence-electron chi connectivity index (χ3n) is 2.78. The van der Waals surface area contributed by atoms with E-state index in [1.807, 2.05) is 5.38 Å². The lowest BCUT2D eigenvalue weighted by Crippen LogP contribution is -2.44. The summed E-state index contributed by atoms with van der Waals surface area (Å²) in [6.07, 6.45) is 1.79. The van der Waals surface area contributed by atoms with Gasteiger partial charge in [0.2, 0.25) is 5.91 Å². The Kier molecular flexibility index (Phi) is 6.60. The van der Waals surface area contributed by atoms with Crippen molar-refractivity contribution in [1.82, 2.24) is 10.3 Å². The fourth-order valence-electron chi connectivity index (χ4n) is 1.70. The molecule has 0 saturated carbocycles. The largest absolute Gasteiger partial charge is 0.480 e. The Morgan fingerprint density at radius 2 is 2.20 bits per heavy atom. The summed E-state index contributed by atoms with van der Waals surface area (Å²) in [7, 11) is 0. The Labute approximate surface area is 122 Å². The number of carboxylic acids is 1. The van der Waals surface area contributed by atoms with Crippen molar-refractivity contribution in [3.8, 4) is 0 Å². The predicted molar refractivity (Wildman–Crippen MR) is 77.6 cm³/mol. The number of hydrogen-bond acceptors (Lipinski definition) is 5. The normalized spacial score (nSPS) is 12.4. The van der Waals surface area contributed by atoms with Gasteiger partial charge in [-0.1, -0.05) is 13.8 Å². The van der Waals surface area contributed by atoms with E-state index in [9.17, 15) is 9.59 Å². The molecule has 0 aliphatic heterocycles. The van der Waals surface area contributed by atoms with Gasteiger partial charge in [-0.15, -0.1) is 11.3 Å². The van der Waals surface area contributed by atoms with E-state index in [1.54, 1.807) is 13.8 Å². The fourth-order valence-corrected chi connectivity index (χ4v) is 2.54. The maximum Gasteiger partial charge on any atom is 0.326 e. The quantitative estimate of drug-likeness (QED) is 0.658. The number of nitrogens with two attached hydrogens (primary N) is 1. The first-order valence-corrected chi connectivity index (χ1v) is 7.47. The number of rotatable bonds is 8. The number of carbonyl (C=O) groups is 2. The number of nitrogens with zero attached hydrogens (tertiary/aromatic N) is 1. The minimum atomic E-state index is -1.02. The molecule has 4 N–H and O–H groups in total. The third-order valence-corrected chi connectivity index (χ3v) is 3.74. The van der Waals surface area contributed by atoms with Gasteiger partial charge in [0.15, 0.2) is 0 Å². The van der Waals surface area contributed by atoms with Crippen LogP contribution in [0.4, 0.5) is 0 Å². The highest BCUT2D eigenvalue weighted by atomic mass is 32.1. The number of aryl methyl sites for hydroxylation is 1. The van der Waals surface area contributed by atoms with Crippen molar-refractivity contribution in [3.63, 3.8) is 0 Å². The third kappa shape index (κ3) is 5.26. The lowest BCUT2D eigenvalue weighted by atomic mass is 10.0. The molecule has 0 fully saturated rings. The molecule has 0 aromatic carbocycles. The van der Waals surface area contributed by atoms with Gasteiger partial charge in [-0.3, -0.25) is 4.79 Å². The summed E-state index contributed by atoms with van der Waals surface area (Å²) in [5, 5.41) is 14.3. The number of thiazole rings is 1. The van der Waals surface area contributed by atoms with Gasteiger partial charge in [-0.25, -0.2) is 9.78 Å². The van der Waals surface area contributed by atoms with Gasteiger partial charge in [0, 0.05) is 11.8 Å². The first-order valence-electron chi connectivity index (χ1n) is 6.59. The minimum absolute atomic E-state index is 0.107. The minimum Gasteiger partial charge on any atom is -0.480 e. The summed E-state index contributed by atoms with van der Waals surface area (Å²) in [6, 6.07) is -0.863. The van der Waals surface area contributed by atoms with Gasteiger partial charge in [-0.05, 0) is 18.9 Å². The van der Waals surface area contributed by atoms with Crippen molar-refractivity contribution in [1.29, 1.82) is 0 Å². The molecule has 0 saturated heterocycles. The highest BCUT2D eigenvalue weighted by molar-refractivity contribution is 7.09. The molecule has 1 amide bonds. The average Bonchev–Trinajstić information content (AvgIpc) is 2.80. The van der Waals surface area contributed by atoms with E-state index in [0.717, 1.165) is 17.8 Å².